The highest BCUT2D eigenvalue weighted by atomic mass is 32.2. The fraction of sp³-hybridized carbons (Fsp3) is 0.263. The third-order valence-corrected chi connectivity index (χ3v) is 8.06. The Balaban J connectivity index is 1.44. The molecule has 0 unspecified atom stereocenters. The van der Waals surface area contributed by atoms with E-state index in [1.807, 2.05) is 0 Å². The Morgan fingerprint density at radius 1 is 1.30 bits per heavy atom. The molecule has 1 aliphatic carbocycles. The van der Waals surface area contributed by atoms with Crippen LogP contribution >= 0.6 is 46.7 Å². The average molecular weight is 482 g/mol. The number of anilines is 1. The predicted octanol–water partition coefficient (Wildman–Crippen LogP) is 4.87. The van der Waals surface area contributed by atoms with Gasteiger partial charge in [-0.25, -0.2) is 13.9 Å². The molecule has 4 rings (SSSR count). The molecule has 0 saturated heterocycles. The number of carbonyl (C=O) groups is 2. The maximum atomic E-state index is 13.1. The van der Waals surface area contributed by atoms with Gasteiger partial charge in [0.2, 0.25) is 5.91 Å². The van der Waals surface area contributed by atoms with Gasteiger partial charge in [-0.3, -0.25) is 4.79 Å². The molecule has 2 aromatic heterocycles. The number of ether oxygens (including phenoxy) is 1. The Hall–Kier alpha value is -2.08. The Bertz CT molecular complexity index is 1170. The number of fused-ring (bicyclic) bond motifs is 1. The van der Waals surface area contributed by atoms with E-state index in [9.17, 15) is 14.0 Å². The van der Waals surface area contributed by atoms with E-state index in [1.54, 1.807) is 16.8 Å². The van der Waals surface area contributed by atoms with Crippen LogP contribution in [0.4, 0.5) is 9.39 Å². The summed E-state index contributed by atoms with van der Waals surface area (Å²) in [5.74, 6) is -0.875. The Kier molecular flexibility index (Phi) is 6.32. The number of aromatic nitrogens is 2. The monoisotopic (exact) mass is 481 g/mol. The molecule has 156 valence electrons. The molecule has 6 nitrogen and oxygen atoms in total. The van der Waals surface area contributed by atoms with Crippen LogP contribution in [0.3, 0.4) is 0 Å². The third-order valence-electron chi connectivity index (χ3n) is 4.49. The van der Waals surface area contributed by atoms with Crippen molar-refractivity contribution in [1.82, 2.24) is 9.78 Å². The lowest BCUT2D eigenvalue weighted by molar-refractivity contribution is -0.113. The number of methoxy groups -OCH3 is 1. The van der Waals surface area contributed by atoms with Crippen molar-refractivity contribution in [3.05, 3.63) is 50.0 Å². The van der Waals surface area contributed by atoms with Crippen LogP contribution in [0.15, 0.2) is 28.6 Å². The van der Waals surface area contributed by atoms with Gasteiger partial charge in [-0.15, -0.1) is 16.4 Å². The maximum Gasteiger partial charge on any atom is 0.341 e. The number of hydrogen-bond acceptors (Lipinski definition) is 8. The number of halogens is 1. The van der Waals surface area contributed by atoms with Gasteiger partial charge in [0, 0.05) is 4.88 Å². The minimum atomic E-state index is -0.423. The largest absolute Gasteiger partial charge is 0.465 e. The summed E-state index contributed by atoms with van der Waals surface area (Å²) in [4.78, 5) is 25.8. The fourth-order valence-electron chi connectivity index (χ4n) is 3.16. The number of aryl methyl sites for hydroxylation is 1. The van der Waals surface area contributed by atoms with Crippen LogP contribution in [-0.4, -0.2) is 34.5 Å². The Morgan fingerprint density at radius 3 is 2.80 bits per heavy atom. The molecule has 30 heavy (non-hydrogen) atoms. The molecule has 0 radical (unpaired) electrons. The molecule has 0 saturated carbocycles. The summed E-state index contributed by atoms with van der Waals surface area (Å²) in [6.45, 7) is 0. The molecule has 1 amide bonds. The molecule has 0 spiro atoms. The first-order valence-corrected chi connectivity index (χ1v) is 12.0. The topological polar surface area (TPSA) is 73.2 Å². The van der Waals surface area contributed by atoms with Crippen LogP contribution in [-0.2, 0) is 22.4 Å². The van der Waals surface area contributed by atoms with Crippen LogP contribution in [0, 0.1) is 9.77 Å². The molecule has 11 heteroatoms. The second kappa shape index (κ2) is 8.96. The smallest absolute Gasteiger partial charge is 0.341 e. The molecule has 1 aromatic carbocycles. The van der Waals surface area contributed by atoms with Gasteiger partial charge < -0.3 is 10.1 Å². The minimum Gasteiger partial charge on any atom is -0.465 e. The lowest BCUT2D eigenvalue weighted by Crippen LogP contribution is -2.16. The van der Waals surface area contributed by atoms with E-state index >= 15 is 0 Å². The lowest BCUT2D eigenvalue weighted by atomic mass is 10.1. The highest BCUT2D eigenvalue weighted by Gasteiger charge is 2.28. The second-order valence-corrected chi connectivity index (χ2v) is 10.4. The minimum absolute atomic E-state index is 0.120. The number of amides is 1. The van der Waals surface area contributed by atoms with Gasteiger partial charge in [-0.2, -0.15) is 0 Å². The van der Waals surface area contributed by atoms with Crippen LogP contribution in [0.2, 0.25) is 0 Å². The Labute approximate surface area is 189 Å². The first kappa shape index (κ1) is 21.2. The van der Waals surface area contributed by atoms with Crippen molar-refractivity contribution >= 4 is 63.5 Å². The Morgan fingerprint density at radius 2 is 2.07 bits per heavy atom. The van der Waals surface area contributed by atoms with E-state index in [-0.39, 0.29) is 17.5 Å². The normalized spacial score (nSPS) is 12.6. The zero-order chi connectivity index (χ0) is 21.3. The highest BCUT2D eigenvalue weighted by molar-refractivity contribution is 8.01. The second-order valence-electron chi connectivity index (χ2n) is 6.41. The zero-order valence-corrected chi connectivity index (χ0v) is 19.0. The number of esters is 1. The van der Waals surface area contributed by atoms with E-state index in [4.69, 9.17) is 17.0 Å². The molecule has 3 aromatic rings. The van der Waals surface area contributed by atoms with Crippen molar-refractivity contribution in [3.63, 3.8) is 0 Å². The van der Waals surface area contributed by atoms with Crippen LogP contribution in [0.25, 0.3) is 5.69 Å². The van der Waals surface area contributed by atoms with Crippen molar-refractivity contribution < 1.29 is 18.7 Å². The SMILES string of the molecule is COC(=O)c1c(NC(=O)CSc2nn(-c3ccc(F)cc3)c(=S)s2)sc2c1CCC2. The summed E-state index contributed by atoms with van der Waals surface area (Å²) in [7, 11) is 1.34. The molecule has 0 bridgehead atoms. The summed E-state index contributed by atoms with van der Waals surface area (Å²) >= 11 is 9.30. The molecule has 2 heterocycles. The summed E-state index contributed by atoms with van der Waals surface area (Å²) in [5.41, 5.74) is 2.13. The van der Waals surface area contributed by atoms with Crippen molar-refractivity contribution in [2.45, 2.75) is 23.6 Å². The van der Waals surface area contributed by atoms with Gasteiger partial charge in [0.1, 0.15) is 10.8 Å². The fourth-order valence-corrected chi connectivity index (χ4v) is 6.62. The summed E-state index contributed by atoms with van der Waals surface area (Å²) in [6.07, 6.45) is 2.75. The number of thioether (sulfide) groups is 1. The number of hydrogen-bond donors (Lipinski definition) is 1. The van der Waals surface area contributed by atoms with Crippen molar-refractivity contribution in [2.24, 2.45) is 0 Å². The van der Waals surface area contributed by atoms with Gasteiger partial charge in [0.25, 0.3) is 0 Å². The molecule has 1 aliphatic rings. The predicted molar refractivity (Wildman–Crippen MR) is 119 cm³/mol. The van der Waals surface area contributed by atoms with Gasteiger partial charge in [0.05, 0.1) is 24.1 Å². The molecular formula is C19H16FN3O3S4. The molecule has 0 aliphatic heterocycles. The quantitative estimate of drug-likeness (QED) is 0.308. The van der Waals surface area contributed by atoms with Gasteiger partial charge in [-0.05, 0) is 61.3 Å². The number of thiophene rings is 1. The van der Waals surface area contributed by atoms with Gasteiger partial charge >= 0.3 is 5.97 Å². The van der Waals surface area contributed by atoms with Crippen LogP contribution in [0.5, 0.6) is 0 Å². The average Bonchev–Trinajstić information content (AvgIpc) is 3.41. The van der Waals surface area contributed by atoms with Gasteiger partial charge in [0.15, 0.2) is 8.29 Å². The first-order chi connectivity index (χ1) is 14.5. The number of benzene rings is 1. The summed E-state index contributed by atoms with van der Waals surface area (Å²) in [6, 6.07) is 5.87. The number of carbonyl (C=O) groups excluding carboxylic acids is 2. The standard InChI is InChI=1S/C19H16FN3O3S4/c1-26-17(25)15-12-3-2-4-13(12)29-16(15)21-14(24)9-28-18-22-23(19(27)30-18)11-7-5-10(20)6-8-11/h5-8H,2-4,9H2,1H3,(H,21,24). The van der Waals surface area contributed by atoms with Crippen molar-refractivity contribution in [1.29, 1.82) is 0 Å². The number of rotatable bonds is 6. The van der Waals surface area contributed by atoms with Crippen molar-refractivity contribution in [2.75, 3.05) is 18.2 Å². The highest BCUT2D eigenvalue weighted by Crippen LogP contribution is 2.39. The van der Waals surface area contributed by atoms with Crippen molar-refractivity contribution in [3.8, 4) is 5.69 Å². The maximum absolute atomic E-state index is 13.1. The molecule has 0 fully saturated rings. The van der Waals surface area contributed by atoms with Gasteiger partial charge in [-0.1, -0.05) is 23.1 Å². The molecule has 0 atom stereocenters. The summed E-state index contributed by atoms with van der Waals surface area (Å²) in [5, 5.41) is 7.80. The third kappa shape index (κ3) is 4.34. The van der Waals surface area contributed by atoms with Crippen LogP contribution in [0.1, 0.15) is 27.2 Å². The molecular weight excluding hydrogens is 465 g/mol. The van der Waals surface area contributed by atoms with Crippen LogP contribution < -0.4 is 5.32 Å². The first-order valence-electron chi connectivity index (χ1n) is 8.98. The van der Waals surface area contributed by atoms with E-state index in [2.05, 4.69) is 10.4 Å². The zero-order valence-electron chi connectivity index (χ0n) is 15.8. The molecule has 1 N–H and O–H groups in total. The van der Waals surface area contributed by atoms with E-state index < -0.39 is 5.97 Å². The van der Waals surface area contributed by atoms with E-state index in [0.29, 0.717) is 24.5 Å². The number of nitrogens with zero attached hydrogens (tertiary/aromatic N) is 2. The number of nitrogens with one attached hydrogen (secondary N) is 1. The van der Waals surface area contributed by atoms with E-state index in [1.165, 1.54) is 53.7 Å². The lowest BCUT2D eigenvalue weighted by Gasteiger charge is -2.06. The summed E-state index contributed by atoms with van der Waals surface area (Å²) < 4.78 is 20.7. The van der Waals surface area contributed by atoms with E-state index in [0.717, 1.165) is 29.7 Å².